The zero-order valence-corrected chi connectivity index (χ0v) is 31.2. The minimum absolute atomic E-state index is 0.0247. The predicted octanol–water partition coefficient (Wildman–Crippen LogP) is 3.01. The second kappa shape index (κ2) is 17.6. The fourth-order valence-corrected chi connectivity index (χ4v) is 5.89. The predicted molar refractivity (Wildman–Crippen MR) is 211 cm³/mol. The summed E-state index contributed by atoms with van der Waals surface area (Å²) in [5.41, 5.74) is 21.1. The molecule has 0 bridgehead atoms. The summed E-state index contributed by atoms with van der Waals surface area (Å²) >= 11 is 0. The molecule has 5 aromatic rings. The van der Waals surface area contributed by atoms with Gasteiger partial charge in [-0.15, -0.1) is 0 Å². The fourth-order valence-electron chi connectivity index (χ4n) is 5.89. The zero-order valence-electron chi connectivity index (χ0n) is 31.2. The van der Waals surface area contributed by atoms with Gasteiger partial charge in [0.15, 0.2) is 0 Å². The molecule has 0 radical (unpaired) electrons. The first-order valence-corrected chi connectivity index (χ1v) is 17.3. The summed E-state index contributed by atoms with van der Waals surface area (Å²) in [6.45, 7) is 9.24. The lowest BCUT2D eigenvalue weighted by atomic mass is 10.1. The molecule has 3 amide bonds. The van der Waals surface area contributed by atoms with Gasteiger partial charge in [-0.25, -0.2) is 4.98 Å². The van der Waals surface area contributed by atoms with Crippen LogP contribution in [0.3, 0.4) is 0 Å². The van der Waals surface area contributed by atoms with Crippen LogP contribution in [-0.4, -0.2) is 87.5 Å². The first kappa shape index (κ1) is 39.1. The molecule has 8 N–H and O–H groups in total. The Kier molecular flexibility index (Phi) is 12.5. The minimum atomic E-state index is -0.659. The average Bonchev–Trinajstić information content (AvgIpc) is 3.88. The second-order valence-electron chi connectivity index (χ2n) is 12.2. The number of rotatable bonds is 19. The largest absolute Gasteiger partial charge is 0.494 e. The van der Waals surface area contributed by atoms with Crippen LogP contribution in [0, 0.1) is 6.92 Å². The van der Waals surface area contributed by atoms with Gasteiger partial charge in [0.25, 0.3) is 5.91 Å². The molecule has 18 nitrogen and oxygen atoms in total. The maximum atomic E-state index is 13.4. The normalized spacial score (nSPS) is 11.3. The van der Waals surface area contributed by atoms with Crippen LogP contribution in [0.1, 0.15) is 43.8 Å². The number of aromatic nitrogens is 6. The summed E-state index contributed by atoms with van der Waals surface area (Å²) in [6, 6.07) is 7.96. The van der Waals surface area contributed by atoms with Crippen LogP contribution in [0.15, 0.2) is 72.0 Å². The lowest BCUT2D eigenvalue weighted by Crippen LogP contribution is -2.39. The SMILES string of the molecule is C=Nc1cc(C(N)=O)cc(OC)c1N(C/C=C/Cn1c(NC)nc2cc(C(N)=O)cc(OC/C=C/Cn3cc(N)cn3)c21)CNC(=O)c1cc(C)nn1CC. The summed E-state index contributed by atoms with van der Waals surface area (Å²) in [6.07, 6.45) is 10.8. The Morgan fingerprint density at radius 1 is 1.02 bits per heavy atom. The molecule has 0 atom stereocenters. The van der Waals surface area contributed by atoms with Crippen molar-refractivity contribution in [1.82, 2.24) is 34.4 Å². The van der Waals surface area contributed by atoms with Crippen LogP contribution in [0.25, 0.3) is 11.0 Å². The van der Waals surface area contributed by atoms with Gasteiger partial charge in [-0.05, 0) is 57.0 Å². The molecule has 0 aliphatic rings. The Labute approximate surface area is 317 Å². The van der Waals surface area contributed by atoms with Crippen molar-refractivity contribution in [2.75, 3.05) is 49.9 Å². The molecule has 0 fully saturated rings. The molecule has 0 spiro atoms. The van der Waals surface area contributed by atoms with Gasteiger partial charge in [-0.3, -0.25) is 28.7 Å². The van der Waals surface area contributed by atoms with E-state index in [0.29, 0.717) is 76.6 Å². The molecule has 3 heterocycles. The molecule has 0 aliphatic carbocycles. The third kappa shape index (κ3) is 9.10. The molecule has 0 saturated carbocycles. The molecule has 5 rings (SSSR count). The van der Waals surface area contributed by atoms with E-state index in [1.165, 1.54) is 19.2 Å². The highest BCUT2D eigenvalue weighted by Crippen LogP contribution is 2.39. The standard InChI is InChI=1S/C37H45N13O5/c1-6-50-29(15-23(2)46-50)36(53)43-22-47(32-27(41-3)16-24(34(39)51)18-30(32)54-5)11-7-8-13-49-33-28(45-37(49)42-4)17-25(35(40)52)19-31(33)55-14-10-9-12-48-21-26(38)20-44-48/h7-10,15-21H,3,6,11-14,22,38H2,1-2,4-5H3,(H2,39,51)(H2,40,52)(H,42,45)(H,43,53)/b8-7+,10-9+. The molecule has 3 aromatic heterocycles. The first-order valence-electron chi connectivity index (χ1n) is 17.3. The van der Waals surface area contributed by atoms with Crippen molar-refractivity contribution < 1.29 is 23.9 Å². The van der Waals surface area contributed by atoms with Gasteiger partial charge in [0.2, 0.25) is 17.8 Å². The maximum absolute atomic E-state index is 13.4. The van der Waals surface area contributed by atoms with Crippen LogP contribution >= 0.6 is 0 Å². The number of aryl methyl sites for hydroxylation is 2. The Bertz CT molecular complexity index is 2270. The summed E-state index contributed by atoms with van der Waals surface area (Å²) in [4.78, 5) is 48.4. The number of imidazole rings is 1. The van der Waals surface area contributed by atoms with E-state index in [9.17, 15) is 14.4 Å². The van der Waals surface area contributed by atoms with Crippen LogP contribution in [-0.2, 0) is 19.6 Å². The third-order valence-electron chi connectivity index (χ3n) is 8.45. The number of anilines is 3. The molecule has 18 heteroatoms. The van der Waals surface area contributed by atoms with E-state index in [4.69, 9.17) is 31.7 Å². The number of aliphatic imine (C=N–C) groups is 1. The lowest BCUT2D eigenvalue weighted by molar-refractivity contribution is 0.0941. The van der Waals surface area contributed by atoms with Crippen molar-refractivity contribution >= 4 is 58.5 Å². The number of nitrogens with two attached hydrogens (primary N) is 3. The van der Waals surface area contributed by atoms with Crippen LogP contribution in [0.5, 0.6) is 11.5 Å². The molecule has 288 valence electrons. The fraction of sp³-hybridized carbons (Fsp3) is 0.270. The van der Waals surface area contributed by atoms with Gasteiger partial charge in [-0.1, -0.05) is 18.2 Å². The van der Waals surface area contributed by atoms with E-state index < -0.39 is 11.8 Å². The van der Waals surface area contributed by atoms with Gasteiger partial charge in [0.1, 0.15) is 35.0 Å². The van der Waals surface area contributed by atoms with Gasteiger partial charge in [0.05, 0.1) is 49.1 Å². The smallest absolute Gasteiger partial charge is 0.270 e. The summed E-state index contributed by atoms with van der Waals surface area (Å²) in [5.74, 6) is -0.366. The Balaban J connectivity index is 1.43. The van der Waals surface area contributed by atoms with E-state index >= 15 is 0 Å². The quantitative estimate of drug-likeness (QED) is 0.0467. The number of hydrogen-bond acceptors (Lipinski definition) is 12. The first-order chi connectivity index (χ1) is 26.5. The van der Waals surface area contributed by atoms with Gasteiger partial charge >= 0.3 is 0 Å². The number of methoxy groups -OCH3 is 1. The maximum Gasteiger partial charge on any atom is 0.270 e. The summed E-state index contributed by atoms with van der Waals surface area (Å²) in [5, 5.41) is 14.6. The van der Waals surface area contributed by atoms with E-state index in [1.54, 1.807) is 47.0 Å². The number of hydrogen-bond donors (Lipinski definition) is 5. The van der Waals surface area contributed by atoms with Crippen molar-refractivity contribution in [1.29, 1.82) is 0 Å². The Morgan fingerprint density at radius 3 is 2.40 bits per heavy atom. The van der Waals surface area contributed by atoms with Gasteiger partial charge in [-0.2, -0.15) is 10.2 Å². The molecular weight excluding hydrogens is 706 g/mol. The number of nitrogen functional groups attached to an aromatic ring is 1. The highest BCUT2D eigenvalue weighted by atomic mass is 16.5. The molecular formula is C37H45N13O5. The van der Waals surface area contributed by atoms with E-state index in [0.717, 1.165) is 0 Å². The number of carbonyl (C=O) groups excluding carboxylic acids is 3. The van der Waals surface area contributed by atoms with Crippen molar-refractivity contribution in [2.45, 2.75) is 33.5 Å². The Morgan fingerprint density at radius 2 is 1.75 bits per heavy atom. The molecule has 0 aliphatic heterocycles. The Hall–Kier alpha value is -7.11. The van der Waals surface area contributed by atoms with Crippen molar-refractivity contribution in [2.24, 2.45) is 16.5 Å². The van der Waals surface area contributed by atoms with E-state index in [1.807, 2.05) is 47.6 Å². The van der Waals surface area contributed by atoms with Crippen LogP contribution < -0.4 is 42.2 Å². The molecule has 55 heavy (non-hydrogen) atoms. The third-order valence-corrected chi connectivity index (χ3v) is 8.45. The lowest BCUT2D eigenvalue weighted by Gasteiger charge is -2.27. The number of primary amides is 2. The van der Waals surface area contributed by atoms with Gasteiger partial charge in [0, 0.05) is 44.0 Å². The number of ether oxygens (including phenoxy) is 2. The molecule has 0 saturated heterocycles. The minimum Gasteiger partial charge on any atom is -0.494 e. The van der Waals surface area contributed by atoms with Gasteiger partial charge < -0.3 is 46.8 Å². The number of carbonyl (C=O) groups is 3. The second-order valence-corrected chi connectivity index (χ2v) is 12.2. The topological polar surface area (TPSA) is 241 Å². The highest BCUT2D eigenvalue weighted by molar-refractivity contribution is 5.99. The molecule has 0 unspecified atom stereocenters. The number of nitrogens with zero attached hydrogens (tertiary/aromatic N) is 8. The monoisotopic (exact) mass is 751 g/mol. The highest BCUT2D eigenvalue weighted by Gasteiger charge is 2.22. The number of allylic oxidation sites excluding steroid dienone is 2. The number of amides is 3. The number of nitrogens with one attached hydrogen (secondary N) is 2. The van der Waals surface area contributed by atoms with Crippen molar-refractivity contribution in [3.8, 4) is 11.5 Å². The van der Waals surface area contributed by atoms with Crippen molar-refractivity contribution in [3.63, 3.8) is 0 Å². The number of benzene rings is 2. The molecule has 2 aromatic carbocycles. The average molecular weight is 752 g/mol. The van der Waals surface area contributed by atoms with Crippen LogP contribution in [0.4, 0.5) is 23.0 Å². The number of fused-ring (bicyclic) bond motifs is 1. The summed E-state index contributed by atoms with van der Waals surface area (Å²) in [7, 11) is 3.20. The van der Waals surface area contributed by atoms with Crippen molar-refractivity contribution in [3.05, 3.63) is 89.5 Å². The summed E-state index contributed by atoms with van der Waals surface area (Å²) < 4.78 is 17.1. The van der Waals surface area contributed by atoms with E-state index in [-0.39, 0.29) is 36.9 Å². The van der Waals surface area contributed by atoms with Crippen LogP contribution in [0.2, 0.25) is 0 Å². The van der Waals surface area contributed by atoms with E-state index in [2.05, 4.69) is 32.5 Å². The zero-order chi connectivity index (χ0) is 39.6.